The quantitative estimate of drug-likeness (QED) is 0.686. The van der Waals surface area contributed by atoms with Crippen LogP contribution in [0, 0.1) is 17.2 Å². The number of esters is 1. The fourth-order valence-corrected chi connectivity index (χ4v) is 2.00. The molecule has 0 aliphatic rings. The van der Waals surface area contributed by atoms with Crippen LogP contribution in [0.5, 0.6) is 0 Å². The number of carbonyl (C=O) groups excluding carboxylic acids is 3. The normalized spacial score (nSPS) is 11.2. The van der Waals surface area contributed by atoms with Crippen molar-refractivity contribution in [1.29, 1.82) is 5.26 Å². The number of benzene rings is 1. The lowest BCUT2D eigenvalue weighted by Gasteiger charge is -2.22. The molecule has 1 aromatic carbocycles. The molecule has 0 fully saturated rings. The molecule has 2 N–H and O–H groups in total. The molecule has 0 saturated heterocycles. The molecule has 26 heavy (non-hydrogen) atoms. The minimum atomic E-state index is -0.893. The van der Waals surface area contributed by atoms with Crippen molar-refractivity contribution in [2.45, 2.75) is 26.3 Å². The zero-order valence-electron chi connectivity index (χ0n) is 15.2. The lowest BCUT2D eigenvalue weighted by molar-refractivity contribution is -0.153. The van der Waals surface area contributed by atoms with E-state index in [2.05, 4.69) is 10.6 Å². The first-order valence-electron chi connectivity index (χ1n) is 8.25. The molecular weight excluding hydrogens is 336 g/mol. The van der Waals surface area contributed by atoms with Gasteiger partial charge in [-0.25, -0.2) is 9.59 Å². The highest BCUT2D eigenvalue weighted by molar-refractivity contribution is 5.93. The van der Waals surface area contributed by atoms with Crippen molar-refractivity contribution < 1.29 is 19.1 Å². The van der Waals surface area contributed by atoms with Gasteiger partial charge in [0.1, 0.15) is 6.04 Å². The Bertz CT molecular complexity index is 655. The van der Waals surface area contributed by atoms with Gasteiger partial charge in [0.15, 0.2) is 6.61 Å². The molecule has 0 spiro atoms. The van der Waals surface area contributed by atoms with E-state index in [1.807, 2.05) is 12.1 Å². The average Bonchev–Trinajstić information content (AvgIpc) is 2.62. The minimum Gasteiger partial charge on any atom is -0.454 e. The highest BCUT2D eigenvalue weighted by atomic mass is 16.5. The van der Waals surface area contributed by atoms with Gasteiger partial charge in [-0.3, -0.25) is 4.79 Å². The van der Waals surface area contributed by atoms with Gasteiger partial charge in [-0.1, -0.05) is 32.0 Å². The molecule has 8 nitrogen and oxygen atoms in total. The molecule has 0 radical (unpaired) electrons. The van der Waals surface area contributed by atoms with E-state index < -0.39 is 30.6 Å². The number of carbonyl (C=O) groups is 3. The lowest BCUT2D eigenvalue weighted by atomic mass is 10.1. The SMILES string of the molecule is CC(C)[C@H](NC(=O)Nc1ccccc1)C(=O)OCC(=O)N(C)CCC#N. The number of hydrogen-bond donors (Lipinski definition) is 2. The van der Waals surface area contributed by atoms with Crippen LogP contribution >= 0.6 is 0 Å². The Morgan fingerprint density at radius 3 is 2.46 bits per heavy atom. The van der Waals surface area contributed by atoms with Crippen molar-refractivity contribution in [2.24, 2.45) is 5.92 Å². The van der Waals surface area contributed by atoms with Crippen molar-refractivity contribution in [1.82, 2.24) is 10.2 Å². The molecule has 1 rings (SSSR count). The van der Waals surface area contributed by atoms with Gasteiger partial charge in [0.05, 0.1) is 12.5 Å². The maximum atomic E-state index is 12.2. The summed E-state index contributed by atoms with van der Waals surface area (Å²) in [6.07, 6.45) is 0.200. The highest BCUT2D eigenvalue weighted by Crippen LogP contribution is 2.07. The van der Waals surface area contributed by atoms with E-state index >= 15 is 0 Å². The van der Waals surface area contributed by atoms with Crippen LogP contribution in [0.1, 0.15) is 20.3 Å². The number of nitrogens with one attached hydrogen (secondary N) is 2. The fourth-order valence-electron chi connectivity index (χ4n) is 2.00. The summed E-state index contributed by atoms with van der Waals surface area (Å²) >= 11 is 0. The van der Waals surface area contributed by atoms with Crippen LogP contribution in [-0.2, 0) is 14.3 Å². The number of rotatable bonds is 8. The third-order valence-electron chi connectivity index (χ3n) is 3.56. The van der Waals surface area contributed by atoms with Crippen LogP contribution < -0.4 is 10.6 Å². The molecule has 0 bridgehead atoms. The molecular formula is C18H24N4O4. The molecule has 3 amide bonds. The maximum Gasteiger partial charge on any atom is 0.329 e. The molecule has 1 atom stereocenters. The maximum absolute atomic E-state index is 12.2. The first-order chi connectivity index (χ1) is 12.3. The number of urea groups is 1. The van der Waals surface area contributed by atoms with Crippen molar-refractivity contribution in [2.75, 3.05) is 25.5 Å². The van der Waals surface area contributed by atoms with Crippen molar-refractivity contribution in [3.63, 3.8) is 0 Å². The number of anilines is 1. The fraction of sp³-hybridized carbons (Fsp3) is 0.444. The Morgan fingerprint density at radius 2 is 1.88 bits per heavy atom. The van der Waals surface area contributed by atoms with Crippen LogP contribution in [0.25, 0.3) is 0 Å². The summed E-state index contributed by atoms with van der Waals surface area (Å²) in [6.45, 7) is 3.34. The Morgan fingerprint density at radius 1 is 1.23 bits per heavy atom. The van der Waals surface area contributed by atoms with E-state index in [4.69, 9.17) is 10.00 Å². The second-order valence-corrected chi connectivity index (χ2v) is 6.02. The molecule has 140 valence electrons. The van der Waals surface area contributed by atoms with Crippen LogP contribution in [-0.4, -0.2) is 49.0 Å². The van der Waals surface area contributed by atoms with Crippen LogP contribution in [0.15, 0.2) is 30.3 Å². The Hall–Kier alpha value is -3.08. The molecule has 0 heterocycles. The van der Waals surface area contributed by atoms with Gasteiger partial charge in [-0.2, -0.15) is 5.26 Å². The van der Waals surface area contributed by atoms with E-state index in [1.165, 1.54) is 11.9 Å². The minimum absolute atomic E-state index is 0.200. The molecule has 0 aromatic heterocycles. The number of para-hydroxylation sites is 1. The summed E-state index contributed by atoms with van der Waals surface area (Å²) in [5, 5.41) is 13.7. The molecule has 0 aliphatic heterocycles. The predicted octanol–water partition coefficient (Wildman–Crippen LogP) is 1.75. The van der Waals surface area contributed by atoms with Gasteiger partial charge in [-0.15, -0.1) is 0 Å². The summed E-state index contributed by atoms with van der Waals surface area (Å²) < 4.78 is 5.02. The summed E-state index contributed by atoms with van der Waals surface area (Å²) in [6, 6.07) is 9.32. The largest absolute Gasteiger partial charge is 0.454 e. The summed E-state index contributed by atoms with van der Waals surface area (Å²) in [5.74, 6) is -1.33. The number of amides is 3. The third kappa shape index (κ3) is 7.21. The second-order valence-electron chi connectivity index (χ2n) is 6.02. The third-order valence-corrected chi connectivity index (χ3v) is 3.56. The Balaban J connectivity index is 2.55. The zero-order valence-corrected chi connectivity index (χ0v) is 15.2. The van der Waals surface area contributed by atoms with Crippen LogP contribution in [0.4, 0.5) is 10.5 Å². The number of nitrogens with zero attached hydrogens (tertiary/aromatic N) is 2. The summed E-state index contributed by atoms with van der Waals surface area (Å²) in [4.78, 5) is 37.5. The van der Waals surface area contributed by atoms with Crippen molar-refractivity contribution >= 4 is 23.6 Å². The standard InChI is InChI=1S/C18H24N4O4/c1-13(2)16(21-18(25)20-14-8-5-4-6-9-14)17(24)26-12-15(23)22(3)11-7-10-19/h4-6,8-9,13,16H,7,11-12H2,1-3H3,(H2,20,21,25)/t16-/m0/s1. The summed E-state index contributed by atoms with van der Waals surface area (Å²) in [5.41, 5.74) is 0.593. The van der Waals surface area contributed by atoms with Gasteiger partial charge in [0.25, 0.3) is 5.91 Å². The predicted molar refractivity (Wildman–Crippen MR) is 96.0 cm³/mol. The van der Waals surface area contributed by atoms with E-state index in [-0.39, 0.29) is 18.9 Å². The number of ether oxygens (including phenoxy) is 1. The van der Waals surface area contributed by atoms with Gasteiger partial charge in [0, 0.05) is 19.3 Å². The van der Waals surface area contributed by atoms with E-state index in [9.17, 15) is 14.4 Å². The summed E-state index contributed by atoms with van der Waals surface area (Å²) in [7, 11) is 1.53. The van der Waals surface area contributed by atoms with Crippen LogP contribution in [0.2, 0.25) is 0 Å². The second kappa shape index (κ2) is 10.7. The molecule has 0 aliphatic carbocycles. The molecule has 0 saturated carbocycles. The van der Waals surface area contributed by atoms with Gasteiger partial charge < -0.3 is 20.3 Å². The highest BCUT2D eigenvalue weighted by Gasteiger charge is 2.26. The smallest absolute Gasteiger partial charge is 0.329 e. The molecule has 1 aromatic rings. The van der Waals surface area contributed by atoms with E-state index in [0.717, 1.165) is 0 Å². The van der Waals surface area contributed by atoms with E-state index in [1.54, 1.807) is 38.1 Å². The van der Waals surface area contributed by atoms with Crippen molar-refractivity contribution in [3.05, 3.63) is 30.3 Å². The van der Waals surface area contributed by atoms with Gasteiger partial charge >= 0.3 is 12.0 Å². The van der Waals surface area contributed by atoms with Gasteiger partial charge in [0.2, 0.25) is 0 Å². The molecule has 0 unspecified atom stereocenters. The topological polar surface area (TPSA) is 112 Å². The first kappa shape index (κ1) is 21.0. The Kier molecular flexibility index (Phi) is 8.64. The van der Waals surface area contributed by atoms with Crippen molar-refractivity contribution in [3.8, 4) is 6.07 Å². The number of likely N-dealkylation sites (N-methyl/N-ethyl adjacent to an activating group) is 1. The number of hydrogen-bond acceptors (Lipinski definition) is 5. The molecule has 8 heteroatoms. The van der Waals surface area contributed by atoms with Crippen LogP contribution in [0.3, 0.4) is 0 Å². The van der Waals surface area contributed by atoms with E-state index in [0.29, 0.717) is 5.69 Å². The monoisotopic (exact) mass is 360 g/mol. The average molecular weight is 360 g/mol. The first-order valence-corrected chi connectivity index (χ1v) is 8.25. The lowest BCUT2D eigenvalue weighted by Crippen LogP contribution is -2.47. The number of nitriles is 1. The Labute approximate surface area is 153 Å². The zero-order chi connectivity index (χ0) is 19.5. The van der Waals surface area contributed by atoms with Gasteiger partial charge in [-0.05, 0) is 18.1 Å².